The van der Waals surface area contributed by atoms with E-state index in [4.69, 9.17) is 4.74 Å². The maximum Gasteiger partial charge on any atom is 0.320 e. The van der Waals surface area contributed by atoms with E-state index in [9.17, 15) is 4.79 Å². The second-order valence-corrected chi connectivity index (χ2v) is 4.94. The van der Waals surface area contributed by atoms with Crippen LogP contribution in [-0.2, 0) is 9.53 Å². The van der Waals surface area contributed by atoms with Crippen LogP contribution in [0.5, 0.6) is 0 Å². The molecule has 0 N–H and O–H groups in total. The first-order chi connectivity index (χ1) is 10.2. The van der Waals surface area contributed by atoms with Crippen LogP contribution in [0.15, 0.2) is 60.7 Å². The summed E-state index contributed by atoms with van der Waals surface area (Å²) in [4.78, 5) is 13.8. The minimum absolute atomic E-state index is 0.0387. The smallest absolute Gasteiger partial charge is 0.320 e. The molecule has 3 nitrogen and oxygen atoms in total. The van der Waals surface area contributed by atoms with Crippen molar-refractivity contribution < 1.29 is 9.53 Å². The minimum Gasteiger partial charge on any atom is -0.465 e. The topological polar surface area (TPSA) is 29.5 Å². The number of carbonyl (C=O) groups excluding carboxylic acids is 1. The molecule has 0 aliphatic carbocycles. The first-order valence-corrected chi connectivity index (χ1v) is 7.18. The lowest BCUT2D eigenvalue weighted by molar-refractivity contribution is -0.144. The van der Waals surface area contributed by atoms with Crippen LogP contribution in [0.25, 0.3) is 0 Å². The fourth-order valence-electron chi connectivity index (χ4n) is 2.47. The monoisotopic (exact) mass is 283 g/mol. The SMILES string of the molecule is CCOC(=O)CN(C)C(c1ccccc1)c1ccccc1. The lowest BCUT2D eigenvalue weighted by Gasteiger charge is -2.28. The Bertz CT molecular complexity index is 514. The highest BCUT2D eigenvalue weighted by atomic mass is 16.5. The summed E-state index contributed by atoms with van der Waals surface area (Å²) in [6, 6.07) is 20.4. The molecule has 2 aromatic rings. The Kier molecular flexibility index (Phi) is 5.52. The molecule has 21 heavy (non-hydrogen) atoms. The Morgan fingerprint density at radius 3 is 1.90 bits per heavy atom. The molecular weight excluding hydrogens is 262 g/mol. The summed E-state index contributed by atoms with van der Waals surface area (Å²) in [6.45, 7) is 2.50. The van der Waals surface area contributed by atoms with Gasteiger partial charge in [-0.15, -0.1) is 0 Å². The van der Waals surface area contributed by atoms with Gasteiger partial charge >= 0.3 is 5.97 Å². The van der Waals surface area contributed by atoms with Crippen LogP contribution in [0.1, 0.15) is 24.1 Å². The molecule has 0 saturated heterocycles. The van der Waals surface area contributed by atoms with Gasteiger partial charge in [0.05, 0.1) is 19.2 Å². The van der Waals surface area contributed by atoms with E-state index in [0.717, 1.165) is 11.1 Å². The van der Waals surface area contributed by atoms with E-state index >= 15 is 0 Å². The number of rotatable bonds is 6. The third-order valence-corrected chi connectivity index (χ3v) is 3.36. The van der Waals surface area contributed by atoms with Crippen molar-refractivity contribution in [2.24, 2.45) is 0 Å². The van der Waals surface area contributed by atoms with Crippen LogP contribution < -0.4 is 0 Å². The van der Waals surface area contributed by atoms with E-state index < -0.39 is 0 Å². The fourth-order valence-corrected chi connectivity index (χ4v) is 2.47. The largest absolute Gasteiger partial charge is 0.465 e. The highest BCUT2D eigenvalue weighted by Gasteiger charge is 2.21. The number of nitrogens with zero attached hydrogens (tertiary/aromatic N) is 1. The number of carbonyl (C=O) groups is 1. The number of hydrogen-bond donors (Lipinski definition) is 0. The zero-order chi connectivity index (χ0) is 15.1. The van der Waals surface area contributed by atoms with Crippen LogP contribution in [0.3, 0.4) is 0 Å². The molecule has 0 bridgehead atoms. The second kappa shape index (κ2) is 7.60. The van der Waals surface area contributed by atoms with Gasteiger partial charge < -0.3 is 4.74 Å². The molecule has 0 saturated carbocycles. The third kappa shape index (κ3) is 4.17. The third-order valence-electron chi connectivity index (χ3n) is 3.36. The van der Waals surface area contributed by atoms with Crippen molar-refractivity contribution in [1.82, 2.24) is 4.90 Å². The number of ether oxygens (including phenoxy) is 1. The molecule has 0 amide bonds. The quantitative estimate of drug-likeness (QED) is 0.762. The maximum absolute atomic E-state index is 11.8. The first-order valence-electron chi connectivity index (χ1n) is 7.18. The normalized spacial score (nSPS) is 10.9. The standard InChI is InChI=1S/C18H21NO2/c1-3-21-17(20)14-19(2)18(15-10-6-4-7-11-15)16-12-8-5-9-13-16/h4-13,18H,3,14H2,1-2H3. The summed E-state index contributed by atoms with van der Waals surface area (Å²) in [6.07, 6.45) is 0. The summed E-state index contributed by atoms with van der Waals surface area (Å²) in [5.74, 6) is -0.197. The van der Waals surface area contributed by atoms with Crippen molar-refractivity contribution in [2.75, 3.05) is 20.2 Å². The van der Waals surface area contributed by atoms with Crippen LogP contribution in [0.2, 0.25) is 0 Å². The van der Waals surface area contributed by atoms with Crippen LogP contribution in [0, 0.1) is 0 Å². The van der Waals surface area contributed by atoms with Gasteiger partial charge in [0.25, 0.3) is 0 Å². The molecule has 0 aliphatic rings. The first kappa shape index (κ1) is 15.3. The number of esters is 1. The average Bonchev–Trinajstić information content (AvgIpc) is 2.50. The Morgan fingerprint density at radius 1 is 1.00 bits per heavy atom. The van der Waals surface area contributed by atoms with Crippen molar-refractivity contribution in [2.45, 2.75) is 13.0 Å². The molecule has 0 radical (unpaired) electrons. The van der Waals surface area contributed by atoms with Crippen molar-refractivity contribution in [3.63, 3.8) is 0 Å². The van der Waals surface area contributed by atoms with Crippen molar-refractivity contribution in [3.8, 4) is 0 Å². The summed E-state index contributed by atoms with van der Waals surface area (Å²) < 4.78 is 5.05. The number of likely N-dealkylation sites (N-methyl/N-ethyl adjacent to an activating group) is 1. The van der Waals surface area contributed by atoms with Gasteiger partial charge in [-0.1, -0.05) is 60.7 Å². The highest BCUT2D eigenvalue weighted by Crippen LogP contribution is 2.27. The molecule has 2 rings (SSSR count). The predicted octanol–water partition coefficient (Wildman–Crippen LogP) is 3.27. The minimum atomic E-state index is -0.197. The number of hydrogen-bond acceptors (Lipinski definition) is 3. The molecule has 0 heterocycles. The van der Waals surface area contributed by atoms with Gasteiger partial charge in [-0.2, -0.15) is 0 Å². The molecule has 110 valence electrons. The molecule has 0 unspecified atom stereocenters. The molecule has 0 spiro atoms. The Labute approximate surface area is 126 Å². The van der Waals surface area contributed by atoms with Gasteiger partial charge in [-0.05, 0) is 25.1 Å². The fraction of sp³-hybridized carbons (Fsp3) is 0.278. The van der Waals surface area contributed by atoms with Gasteiger partial charge in [0.15, 0.2) is 0 Å². The second-order valence-electron chi connectivity index (χ2n) is 4.94. The van der Waals surface area contributed by atoms with E-state index in [-0.39, 0.29) is 18.6 Å². The maximum atomic E-state index is 11.8. The van der Waals surface area contributed by atoms with Gasteiger partial charge in [-0.25, -0.2) is 0 Å². The van der Waals surface area contributed by atoms with Gasteiger partial charge in [0, 0.05) is 0 Å². The van der Waals surface area contributed by atoms with E-state index in [1.807, 2.05) is 55.3 Å². The lowest BCUT2D eigenvalue weighted by Crippen LogP contribution is -2.32. The Morgan fingerprint density at radius 2 is 1.48 bits per heavy atom. The van der Waals surface area contributed by atoms with E-state index in [1.165, 1.54) is 0 Å². The molecular formula is C18H21NO2. The van der Waals surface area contributed by atoms with E-state index in [1.54, 1.807) is 0 Å². The zero-order valence-electron chi connectivity index (χ0n) is 12.5. The predicted molar refractivity (Wildman–Crippen MR) is 84.0 cm³/mol. The Hall–Kier alpha value is -2.13. The molecule has 0 aromatic heterocycles. The van der Waals surface area contributed by atoms with Crippen LogP contribution in [-0.4, -0.2) is 31.1 Å². The van der Waals surface area contributed by atoms with Crippen molar-refractivity contribution >= 4 is 5.97 Å². The molecule has 3 heteroatoms. The molecule has 2 aromatic carbocycles. The van der Waals surface area contributed by atoms with Crippen LogP contribution in [0.4, 0.5) is 0 Å². The lowest BCUT2D eigenvalue weighted by atomic mass is 9.97. The van der Waals surface area contributed by atoms with Gasteiger partial charge in [0.2, 0.25) is 0 Å². The van der Waals surface area contributed by atoms with Crippen molar-refractivity contribution in [1.29, 1.82) is 0 Å². The molecule has 0 aliphatic heterocycles. The van der Waals surface area contributed by atoms with Crippen molar-refractivity contribution in [3.05, 3.63) is 71.8 Å². The Balaban J connectivity index is 2.26. The van der Waals surface area contributed by atoms with Crippen LogP contribution >= 0.6 is 0 Å². The summed E-state index contributed by atoms with van der Waals surface area (Å²) in [5.41, 5.74) is 2.32. The molecule has 0 atom stereocenters. The van der Waals surface area contributed by atoms with Gasteiger partial charge in [0.1, 0.15) is 0 Å². The summed E-state index contributed by atoms with van der Waals surface area (Å²) in [5, 5.41) is 0. The van der Waals surface area contributed by atoms with E-state index in [2.05, 4.69) is 24.3 Å². The zero-order valence-corrected chi connectivity index (χ0v) is 12.5. The molecule has 0 fully saturated rings. The number of benzene rings is 2. The summed E-state index contributed by atoms with van der Waals surface area (Å²) in [7, 11) is 1.95. The highest BCUT2D eigenvalue weighted by molar-refractivity contribution is 5.71. The summed E-state index contributed by atoms with van der Waals surface area (Å²) >= 11 is 0. The van der Waals surface area contributed by atoms with Gasteiger partial charge in [-0.3, -0.25) is 9.69 Å². The van der Waals surface area contributed by atoms with E-state index in [0.29, 0.717) is 6.61 Å². The average molecular weight is 283 g/mol.